The van der Waals surface area contributed by atoms with Crippen molar-refractivity contribution in [2.24, 2.45) is 5.92 Å². The third-order valence-corrected chi connectivity index (χ3v) is 6.58. The molecular weight excluding hydrogens is 368 g/mol. The molecule has 0 aliphatic carbocycles. The Hall–Kier alpha value is -1.63. The number of hydrogen-bond acceptors (Lipinski definition) is 4. The molecule has 1 aliphatic heterocycles. The second-order valence-electron chi connectivity index (χ2n) is 7.21. The van der Waals surface area contributed by atoms with Crippen LogP contribution in [0.2, 0.25) is 5.02 Å². The van der Waals surface area contributed by atoms with Gasteiger partial charge in [0, 0.05) is 22.9 Å². The molecule has 0 saturated carbocycles. The van der Waals surface area contributed by atoms with E-state index >= 15 is 0 Å². The highest BCUT2D eigenvalue weighted by atomic mass is 35.5. The monoisotopic (exact) mass is 391 g/mol. The fraction of sp³-hybridized carbons (Fsp3) is 0.474. The summed E-state index contributed by atoms with van der Waals surface area (Å²) in [6.07, 6.45) is 3.25. The van der Waals surface area contributed by atoms with E-state index in [0.29, 0.717) is 5.92 Å². The highest BCUT2D eigenvalue weighted by Gasteiger charge is 2.35. The molecule has 2 N–H and O–H groups in total. The largest absolute Gasteiger partial charge is 0.492 e. The van der Waals surface area contributed by atoms with Crippen LogP contribution in [0.25, 0.3) is 4.96 Å². The number of rotatable bonds is 4. The van der Waals surface area contributed by atoms with Gasteiger partial charge in [0.1, 0.15) is 4.88 Å². The Morgan fingerprint density at radius 2 is 2.15 bits per heavy atom. The topological polar surface area (TPSA) is 54.9 Å². The number of halogens is 1. The van der Waals surface area contributed by atoms with Gasteiger partial charge in [-0.3, -0.25) is 0 Å². The van der Waals surface area contributed by atoms with Crippen LogP contribution in [0.5, 0.6) is 5.88 Å². The average Bonchev–Trinajstić information content (AvgIpc) is 3.17. The van der Waals surface area contributed by atoms with Gasteiger partial charge in [-0.05, 0) is 25.0 Å². The molecule has 1 fully saturated rings. The number of aromatic nitrogens is 3. The van der Waals surface area contributed by atoms with Crippen LogP contribution >= 0.6 is 22.9 Å². The van der Waals surface area contributed by atoms with Gasteiger partial charge in [-0.25, -0.2) is 4.98 Å². The van der Waals surface area contributed by atoms with Crippen molar-refractivity contribution in [1.82, 2.24) is 14.6 Å². The summed E-state index contributed by atoms with van der Waals surface area (Å²) in [5.41, 5.74) is 1.18. The first-order chi connectivity index (χ1) is 12.6. The molecule has 3 aromatic rings. The van der Waals surface area contributed by atoms with E-state index in [1.54, 1.807) is 15.9 Å². The molecular formula is C19H24ClN4OS+. The molecule has 1 aromatic carbocycles. The van der Waals surface area contributed by atoms with Crippen LogP contribution < -0.4 is 4.90 Å². The van der Waals surface area contributed by atoms with Crippen LogP contribution in [0.1, 0.15) is 49.0 Å². The maximum absolute atomic E-state index is 10.9. The fourth-order valence-corrected chi connectivity index (χ4v) is 5.23. The lowest BCUT2D eigenvalue weighted by Crippen LogP contribution is -3.13. The van der Waals surface area contributed by atoms with Crippen molar-refractivity contribution in [3.63, 3.8) is 0 Å². The zero-order chi connectivity index (χ0) is 18.3. The second kappa shape index (κ2) is 7.18. The quantitative estimate of drug-likeness (QED) is 0.718. The summed E-state index contributed by atoms with van der Waals surface area (Å²) >= 11 is 7.65. The molecule has 3 atom stereocenters. The third kappa shape index (κ3) is 3.21. The molecule has 1 unspecified atom stereocenters. The molecule has 2 aromatic heterocycles. The predicted octanol–water partition coefficient (Wildman–Crippen LogP) is 3.12. The van der Waals surface area contributed by atoms with Crippen molar-refractivity contribution >= 4 is 27.9 Å². The fourth-order valence-electron chi connectivity index (χ4n) is 3.95. The number of fused-ring (bicyclic) bond motifs is 1. The van der Waals surface area contributed by atoms with E-state index < -0.39 is 0 Å². The Morgan fingerprint density at radius 3 is 2.81 bits per heavy atom. The van der Waals surface area contributed by atoms with Gasteiger partial charge in [-0.2, -0.15) is 4.52 Å². The van der Waals surface area contributed by atoms with Gasteiger partial charge < -0.3 is 10.0 Å². The first-order valence-corrected chi connectivity index (χ1v) is 10.4. The normalized spacial score (nSPS) is 22.0. The van der Waals surface area contributed by atoms with E-state index in [1.807, 2.05) is 19.1 Å². The van der Waals surface area contributed by atoms with E-state index in [2.05, 4.69) is 29.1 Å². The molecule has 0 radical (unpaired) electrons. The van der Waals surface area contributed by atoms with Crippen LogP contribution in [-0.2, 0) is 6.42 Å². The molecule has 3 heterocycles. The summed E-state index contributed by atoms with van der Waals surface area (Å²) in [5.74, 6) is 1.67. The summed E-state index contributed by atoms with van der Waals surface area (Å²) in [6.45, 7) is 6.53. The number of quaternary nitrogens is 1. The van der Waals surface area contributed by atoms with Gasteiger partial charge in [0.25, 0.3) is 0 Å². The molecule has 138 valence electrons. The molecule has 26 heavy (non-hydrogen) atoms. The average molecular weight is 392 g/mol. The van der Waals surface area contributed by atoms with Gasteiger partial charge >= 0.3 is 0 Å². The van der Waals surface area contributed by atoms with Crippen molar-refractivity contribution in [2.75, 3.05) is 13.1 Å². The van der Waals surface area contributed by atoms with E-state index in [9.17, 15) is 5.11 Å². The highest BCUT2D eigenvalue weighted by Crippen LogP contribution is 2.35. The highest BCUT2D eigenvalue weighted by molar-refractivity contribution is 7.17. The van der Waals surface area contributed by atoms with E-state index in [-0.39, 0.29) is 11.9 Å². The zero-order valence-corrected chi connectivity index (χ0v) is 16.6. The molecule has 0 bridgehead atoms. The summed E-state index contributed by atoms with van der Waals surface area (Å²) in [6, 6.07) is 8.09. The lowest BCUT2D eigenvalue weighted by Gasteiger charge is -2.34. The summed E-state index contributed by atoms with van der Waals surface area (Å²) in [5, 5.41) is 16.1. The first kappa shape index (κ1) is 17.8. The maximum Gasteiger partial charge on any atom is 0.235 e. The number of nitrogens with one attached hydrogen (secondary N) is 1. The Kier molecular flexibility index (Phi) is 4.90. The van der Waals surface area contributed by atoms with Crippen LogP contribution in [0, 0.1) is 5.92 Å². The van der Waals surface area contributed by atoms with E-state index in [1.165, 1.54) is 23.3 Å². The standard InChI is InChI=1S/C19H23ClN4OS/c1-3-15-21-19-24(22-15)18(25)17(26-19)16(13-6-8-14(20)9-7-13)23-10-4-5-12(2)11-23/h6-9,12,16,25H,3-5,10-11H2,1-2H3/p+1/t12-,16+/m0/s1. The van der Waals surface area contributed by atoms with Crippen LogP contribution in [-0.4, -0.2) is 32.8 Å². The van der Waals surface area contributed by atoms with Gasteiger partial charge in [-0.1, -0.05) is 48.9 Å². The van der Waals surface area contributed by atoms with Crippen molar-refractivity contribution in [3.8, 4) is 5.88 Å². The summed E-state index contributed by atoms with van der Waals surface area (Å²) in [7, 11) is 0. The lowest BCUT2D eigenvalue weighted by atomic mass is 9.95. The van der Waals surface area contributed by atoms with Crippen molar-refractivity contribution in [2.45, 2.75) is 39.2 Å². The second-order valence-corrected chi connectivity index (χ2v) is 8.66. The van der Waals surface area contributed by atoms with Crippen LogP contribution in [0.3, 0.4) is 0 Å². The number of likely N-dealkylation sites (tertiary alicyclic amines) is 1. The zero-order valence-electron chi connectivity index (χ0n) is 15.1. The number of aryl methyl sites for hydroxylation is 1. The van der Waals surface area contributed by atoms with Gasteiger partial charge in [-0.15, -0.1) is 5.10 Å². The minimum atomic E-state index is 0.0774. The van der Waals surface area contributed by atoms with Gasteiger partial charge in [0.05, 0.1) is 13.1 Å². The van der Waals surface area contributed by atoms with Crippen LogP contribution in [0.15, 0.2) is 24.3 Å². The van der Waals surface area contributed by atoms with Gasteiger partial charge in [0.2, 0.25) is 10.8 Å². The van der Waals surface area contributed by atoms with E-state index in [4.69, 9.17) is 11.6 Å². The Bertz CT molecular complexity index is 904. The number of hydrogen-bond donors (Lipinski definition) is 2. The summed E-state index contributed by atoms with van der Waals surface area (Å²) < 4.78 is 1.59. The van der Waals surface area contributed by atoms with Crippen LogP contribution in [0.4, 0.5) is 0 Å². The Labute approximate surface area is 162 Å². The number of thiazole rings is 1. The maximum atomic E-state index is 10.9. The molecule has 1 aliphatic rings. The minimum absolute atomic E-state index is 0.0774. The molecule has 5 nitrogen and oxygen atoms in total. The molecule has 0 spiro atoms. The molecule has 7 heteroatoms. The summed E-state index contributed by atoms with van der Waals surface area (Å²) in [4.78, 5) is 7.73. The lowest BCUT2D eigenvalue weighted by molar-refractivity contribution is -0.933. The number of piperidine rings is 1. The Balaban J connectivity index is 1.80. The molecule has 1 saturated heterocycles. The SMILES string of the molecule is CCc1nc2sc([C@@H](c3ccc(Cl)cc3)[NH+]3CCC[C@H](C)C3)c(O)n2n1. The minimum Gasteiger partial charge on any atom is -0.492 e. The number of aromatic hydroxyl groups is 1. The van der Waals surface area contributed by atoms with Gasteiger partial charge in [0.15, 0.2) is 11.9 Å². The molecule has 0 amide bonds. The Morgan fingerprint density at radius 1 is 1.38 bits per heavy atom. The van der Waals surface area contributed by atoms with Crippen molar-refractivity contribution in [1.29, 1.82) is 0 Å². The number of benzene rings is 1. The van der Waals surface area contributed by atoms with E-state index in [0.717, 1.165) is 40.2 Å². The third-order valence-electron chi connectivity index (χ3n) is 5.24. The number of nitrogens with zero attached hydrogens (tertiary/aromatic N) is 3. The van der Waals surface area contributed by atoms with Crippen molar-refractivity contribution < 1.29 is 10.0 Å². The smallest absolute Gasteiger partial charge is 0.235 e. The molecule has 4 rings (SSSR count). The predicted molar refractivity (Wildman–Crippen MR) is 104 cm³/mol. The van der Waals surface area contributed by atoms with Crippen molar-refractivity contribution in [3.05, 3.63) is 45.6 Å². The first-order valence-electron chi connectivity index (χ1n) is 9.24.